The smallest absolute Gasteiger partial charge is 0.264 e. The Labute approximate surface area is 447 Å². The van der Waals surface area contributed by atoms with Crippen LogP contribution in [0.1, 0.15) is 181 Å². The summed E-state index contributed by atoms with van der Waals surface area (Å²) in [6, 6.07) is 48.8. The number of hydrogen-bond acceptors (Lipinski definition) is 3. The van der Waals surface area contributed by atoms with Gasteiger partial charge in [-0.2, -0.15) is 0 Å². The molecule has 4 heteroatoms. The number of fused-ring (bicyclic) bond motifs is 10. The molecule has 0 amide bonds. The summed E-state index contributed by atoms with van der Waals surface area (Å²) in [4.78, 5) is 5.57. The maximum atomic E-state index is 2.81. The molecule has 0 unspecified atom stereocenters. The van der Waals surface area contributed by atoms with Crippen molar-refractivity contribution in [2.45, 2.75) is 180 Å². The van der Waals surface area contributed by atoms with Crippen molar-refractivity contribution in [3.63, 3.8) is 0 Å². The van der Waals surface area contributed by atoms with E-state index < -0.39 is 0 Å². The molecule has 7 aromatic carbocycles. The fourth-order valence-corrected chi connectivity index (χ4v) is 15.9. The SMILES string of the molecule is CC(C)(C)c1cc2c3c(c1)N(c1cccc4ccccc14)c1c(sc4cc5c(cc14)C(C)(C)CCC5(C)C)B3c1cc3c(cc1N2c1cc2c(cc1-c1ccccc1)C(C)(C)CCC2(C)C)C(C)(C)CCC3(C)C. The van der Waals surface area contributed by atoms with E-state index in [2.05, 4.69) is 246 Å². The van der Waals surface area contributed by atoms with Crippen LogP contribution in [0, 0.1) is 0 Å². The summed E-state index contributed by atoms with van der Waals surface area (Å²) in [5.74, 6) is 0. The molecule has 2 aliphatic heterocycles. The van der Waals surface area contributed by atoms with E-state index in [0.717, 1.165) is 6.42 Å². The van der Waals surface area contributed by atoms with Gasteiger partial charge >= 0.3 is 0 Å². The Balaban J connectivity index is 1.23. The van der Waals surface area contributed by atoms with Gasteiger partial charge in [0.1, 0.15) is 0 Å². The molecule has 376 valence electrons. The van der Waals surface area contributed by atoms with Crippen LogP contribution in [0.4, 0.5) is 34.1 Å². The fraction of sp³-hybridized carbons (Fsp3) is 0.400. The average Bonchev–Trinajstić information content (AvgIpc) is 3.77. The lowest BCUT2D eigenvalue weighted by atomic mass is 9.35. The van der Waals surface area contributed by atoms with Gasteiger partial charge in [0, 0.05) is 42.9 Å². The maximum absolute atomic E-state index is 2.81. The molecule has 13 rings (SSSR count). The van der Waals surface area contributed by atoms with Crippen molar-refractivity contribution in [3.8, 4) is 11.1 Å². The van der Waals surface area contributed by atoms with Crippen molar-refractivity contribution in [2.24, 2.45) is 0 Å². The van der Waals surface area contributed by atoms with Crippen molar-refractivity contribution < 1.29 is 0 Å². The van der Waals surface area contributed by atoms with Gasteiger partial charge < -0.3 is 9.80 Å². The normalized spacial score (nSPS) is 20.1. The Kier molecular flexibility index (Phi) is 10.1. The van der Waals surface area contributed by atoms with Crippen molar-refractivity contribution in [3.05, 3.63) is 160 Å². The summed E-state index contributed by atoms with van der Waals surface area (Å²) in [6.45, 7) is 37.3. The van der Waals surface area contributed by atoms with E-state index in [1.54, 1.807) is 0 Å². The molecule has 0 spiro atoms. The van der Waals surface area contributed by atoms with Gasteiger partial charge in [-0.05, 0) is 186 Å². The lowest BCUT2D eigenvalue weighted by Gasteiger charge is -2.48. The largest absolute Gasteiger partial charge is 0.311 e. The minimum absolute atomic E-state index is 0.0178. The lowest BCUT2D eigenvalue weighted by Crippen LogP contribution is -2.61. The quantitative estimate of drug-likeness (QED) is 0.163. The molecule has 74 heavy (non-hydrogen) atoms. The first-order chi connectivity index (χ1) is 34.8. The third-order valence-electron chi connectivity index (χ3n) is 19.8. The Morgan fingerprint density at radius 2 is 0.919 bits per heavy atom. The second-order valence-electron chi connectivity index (χ2n) is 28.5. The molecule has 3 aliphatic carbocycles. The monoisotopic (exact) mass is 989 g/mol. The number of thiophene rings is 1. The second-order valence-corrected chi connectivity index (χ2v) is 29.6. The van der Waals surface area contributed by atoms with E-state index in [1.807, 2.05) is 0 Å². The van der Waals surface area contributed by atoms with Gasteiger partial charge in [-0.25, -0.2) is 0 Å². The Morgan fingerprint density at radius 3 is 1.51 bits per heavy atom. The molecule has 0 fully saturated rings. The van der Waals surface area contributed by atoms with E-state index in [0.29, 0.717) is 0 Å². The predicted molar refractivity (Wildman–Crippen MR) is 323 cm³/mol. The topological polar surface area (TPSA) is 6.48 Å². The summed E-state index contributed by atoms with van der Waals surface area (Å²) in [5.41, 5.74) is 23.9. The highest BCUT2D eigenvalue weighted by Crippen LogP contribution is 2.57. The highest BCUT2D eigenvalue weighted by molar-refractivity contribution is 7.33. The van der Waals surface area contributed by atoms with Gasteiger partial charge in [0.05, 0.1) is 17.1 Å². The molecular weight excluding hydrogens is 912 g/mol. The molecule has 0 bridgehead atoms. The highest BCUT2D eigenvalue weighted by Gasteiger charge is 2.50. The van der Waals surface area contributed by atoms with E-state index in [9.17, 15) is 0 Å². The second kappa shape index (κ2) is 15.5. The van der Waals surface area contributed by atoms with Crippen LogP contribution >= 0.6 is 11.3 Å². The molecule has 8 aromatic rings. The first kappa shape index (κ1) is 48.1. The summed E-state index contributed by atoms with van der Waals surface area (Å²) in [5, 5.41) is 3.94. The van der Waals surface area contributed by atoms with E-state index >= 15 is 0 Å². The first-order valence-corrected chi connectivity index (χ1v) is 28.9. The van der Waals surface area contributed by atoms with Crippen LogP contribution in [0.3, 0.4) is 0 Å². The maximum Gasteiger partial charge on any atom is 0.264 e. The van der Waals surface area contributed by atoms with Crippen molar-refractivity contribution in [1.29, 1.82) is 0 Å². The fourth-order valence-electron chi connectivity index (χ4n) is 14.6. The minimum Gasteiger partial charge on any atom is -0.311 e. The highest BCUT2D eigenvalue weighted by atomic mass is 32.1. The molecule has 1 aromatic heterocycles. The van der Waals surface area contributed by atoms with E-state index in [4.69, 9.17) is 0 Å². The zero-order chi connectivity index (χ0) is 52.0. The summed E-state index contributed by atoms with van der Waals surface area (Å²) >= 11 is 2.08. The van der Waals surface area contributed by atoms with Gasteiger partial charge in [0.15, 0.2) is 0 Å². The number of hydrogen-bond donors (Lipinski definition) is 0. The van der Waals surface area contributed by atoms with Crippen molar-refractivity contribution in [2.75, 3.05) is 9.80 Å². The Hall–Kier alpha value is -5.58. The third kappa shape index (κ3) is 6.94. The zero-order valence-electron chi connectivity index (χ0n) is 47.2. The minimum atomic E-state index is -0.144. The lowest BCUT2D eigenvalue weighted by molar-refractivity contribution is 0.332. The van der Waals surface area contributed by atoms with Crippen LogP contribution in [0.2, 0.25) is 0 Å². The summed E-state index contributed by atoms with van der Waals surface area (Å²) < 4.78 is 2.87. The molecule has 3 heterocycles. The van der Waals surface area contributed by atoms with Crippen LogP contribution in [0.15, 0.2) is 121 Å². The molecule has 0 radical (unpaired) electrons. The van der Waals surface area contributed by atoms with Gasteiger partial charge in [0.2, 0.25) is 0 Å². The summed E-state index contributed by atoms with van der Waals surface area (Å²) in [6.07, 6.45) is 7.05. The molecule has 0 saturated heterocycles. The van der Waals surface area contributed by atoms with Crippen molar-refractivity contribution in [1.82, 2.24) is 0 Å². The van der Waals surface area contributed by atoms with Gasteiger partial charge in [-0.3, -0.25) is 0 Å². The molecular formula is C70H77BN2S. The van der Waals surface area contributed by atoms with Crippen molar-refractivity contribution >= 4 is 88.7 Å². The van der Waals surface area contributed by atoms with Crippen LogP contribution in [0.25, 0.3) is 32.0 Å². The number of benzene rings is 7. The Bertz CT molecular complexity index is 3680. The molecule has 2 nitrogen and oxygen atoms in total. The Morgan fingerprint density at radius 1 is 0.432 bits per heavy atom. The van der Waals surface area contributed by atoms with Gasteiger partial charge in [0.25, 0.3) is 6.71 Å². The predicted octanol–water partition coefficient (Wildman–Crippen LogP) is 18.1. The third-order valence-corrected chi connectivity index (χ3v) is 21.0. The van der Waals surface area contributed by atoms with Crippen LogP contribution < -0.4 is 25.5 Å². The summed E-state index contributed by atoms with van der Waals surface area (Å²) in [7, 11) is 0. The van der Waals surface area contributed by atoms with Crippen LogP contribution in [-0.4, -0.2) is 6.71 Å². The average molecular weight is 989 g/mol. The standard InChI is InChI=1S/C70H77BN2S/c1-64(2,3)44-34-58-61-59(35-44)73(55-27-21-25-42-24-19-20-26-45(42)55)62-47-37-49-53(70(14,15)33-29-66(49,6)7)41-60(47)74-63(62)71(61)54-38-50-52(69(12,13)32-30-67(50,8)9)40-57(54)72(58)56-39-51-48(65(4,5)28-31-68(51,10)11)36-46(56)43-22-17-16-18-23-43/h16-27,34-41H,28-33H2,1-15H3. The molecule has 0 N–H and O–H groups in total. The van der Waals surface area contributed by atoms with Crippen LogP contribution in [0.5, 0.6) is 0 Å². The van der Waals surface area contributed by atoms with E-state index in [-0.39, 0.29) is 44.6 Å². The molecule has 0 saturated carbocycles. The zero-order valence-corrected chi connectivity index (χ0v) is 48.0. The number of nitrogens with zero attached hydrogens (tertiary/aromatic N) is 2. The molecule has 5 aliphatic rings. The number of anilines is 6. The van der Waals surface area contributed by atoms with E-state index in [1.165, 1.54) is 153 Å². The molecule has 0 atom stereocenters. The van der Waals surface area contributed by atoms with Gasteiger partial charge in [-0.1, -0.05) is 177 Å². The first-order valence-electron chi connectivity index (χ1n) is 28.1. The number of rotatable bonds is 3. The van der Waals surface area contributed by atoms with Gasteiger partial charge in [-0.15, -0.1) is 11.3 Å². The van der Waals surface area contributed by atoms with Crippen LogP contribution in [-0.2, 0) is 37.9 Å².